The Morgan fingerprint density at radius 1 is 1.39 bits per heavy atom. The number of ether oxygens (including phenoxy) is 1. The van der Waals surface area contributed by atoms with Gasteiger partial charge in [-0.15, -0.1) is 0 Å². The highest BCUT2D eigenvalue weighted by molar-refractivity contribution is 5.99. The van der Waals surface area contributed by atoms with Gasteiger partial charge >= 0.3 is 0 Å². The van der Waals surface area contributed by atoms with Gasteiger partial charge in [-0.25, -0.2) is 0 Å². The maximum absolute atomic E-state index is 11.9. The van der Waals surface area contributed by atoms with Crippen LogP contribution in [0.1, 0.15) is 48.7 Å². The second-order valence-electron chi connectivity index (χ2n) is 5.38. The lowest BCUT2D eigenvalue weighted by Gasteiger charge is -2.23. The number of aryl methyl sites for hydroxylation is 1. The van der Waals surface area contributed by atoms with Crippen molar-refractivity contribution in [1.82, 2.24) is 0 Å². The van der Waals surface area contributed by atoms with E-state index in [1.165, 1.54) is 0 Å². The van der Waals surface area contributed by atoms with Crippen molar-refractivity contribution in [2.24, 2.45) is 0 Å². The molecular weight excluding hydrogens is 226 g/mol. The summed E-state index contributed by atoms with van der Waals surface area (Å²) >= 11 is 0. The molecule has 0 saturated carbocycles. The molecule has 1 aromatic carbocycles. The molecule has 3 heteroatoms. The fourth-order valence-corrected chi connectivity index (χ4v) is 1.90. The zero-order valence-corrected chi connectivity index (χ0v) is 11.6. The Hall–Kier alpha value is -1.82. The Morgan fingerprint density at radius 3 is 2.44 bits per heavy atom. The van der Waals surface area contributed by atoms with Gasteiger partial charge in [-0.1, -0.05) is 20.8 Å². The van der Waals surface area contributed by atoms with Crippen LogP contribution in [0.3, 0.4) is 0 Å². The summed E-state index contributed by atoms with van der Waals surface area (Å²) in [7, 11) is 1.63. The van der Waals surface area contributed by atoms with Crippen LogP contribution in [0, 0.1) is 18.3 Å². The number of nitrogens with zero attached hydrogens (tertiary/aromatic N) is 1. The van der Waals surface area contributed by atoms with Crippen molar-refractivity contribution < 1.29 is 9.53 Å². The van der Waals surface area contributed by atoms with Gasteiger partial charge < -0.3 is 4.74 Å². The first-order valence-electron chi connectivity index (χ1n) is 5.90. The predicted octanol–water partition coefficient (Wildman–Crippen LogP) is 3.40. The summed E-state index contributed by atoms with van der Waals surface area (Å²) in [5, 5.41) is 8.62. The lowest BCUT2D eigenvalue weighted by atomic mass is 9.83. The van der Waals surface area contributed by atoms with E-state index in [0.717, 1.165) is 16.9 Å². The van der Waals surface area contributed by atoms with Gasteiger partial charge in [-0.2, -0.15) is 5.26 Å². The quantitative estimate of drug-likeness (QED) is 0.767. The van der Waals surface area contributed by atoms with Crippen LogP contribution in [0.5, 0.6) is 5.75 Å². The standard InChI is InChI=1S/C15H19NO2/c1-10-8-14(18-5)12(15(2,3)4)9-11(10)13(17)6-7-16/h8-9H,6H2,1-5H3. The molecule has 0 amide bonds. The van der Waals surface area contributed by atoms with Crippen LogP contribution in [-0.2, 0) is 5.41 Å². The second-order valence-corrected chi connectivity index (χ2v) is 5.38. The molecule has 0 spiro atoms. The third-order valence-corrected chi connectivity index (χ3v) is 2.89. The maximum Gasteiger partial charge on any atom is 0.177 e. The molecule has 0 saturated heterocycles. The van der Waals surface area contributed by atoms with E-state index < -0.39 is 0 Å². The van der Waals surface area contributed by atoms with Crippen LogP contribution in [0.15, 0.2) is 12.1 Å². The topological polar surface area (TPSA) is 50.1 Å². The molecule has 0 aliphatic carbocycles. The first-order valence-corrected chi connectivity index (χ1v) is 5.90. The molecule has 96 valence electrons. The molecule has 3 nitrogen and oxygen atoms in total. The lowest BCUT2D eigenvalue weighted by Crippen LogP contribution is -2.15. The van der Waals surface area contributed by atoms with E-state index in [-0.39, 0.29) is 17.6 Å². The Balaban J connectivity index is 3.40. The molecule has 0 unspecified atom stereocenters. The van der Waals surface area contributed by atoms with Crippen molar-refractivity contribution in [1.29, 1.82) is 5.26 Å². The largest absolute Gasteiger partial charge is 0.496 e. The molecule has 0 N–H and O–H groups in total. The van der Waals surface area contributed by atoms with Gasteiger partial charge in [-0.05, 0) is 30.0 Å². The molecular formula is C15H19NO2. The highest BCUT2D eigenvalue weighted by Crippen LogP contribution is 2.33. The molecule has 0 aliphatic rings. The Bertz CT molecular complexity index is 504. The van der Waals surface area contributed by atoms with Crippen LogP contribution in [0.4, 0.5) is 0 Å². The minimum Gasteiger partial charge on any atom is -0.496 e. The Labute approximate surface area is 108 Å². The van der Waals surface area contributed by atoms with Crippen molar-refractivity contribution in [3.8, 4) is 11.8 Å². The summed E-state index contributed by atoms with van der Waals surface area (Å²) in [6, 6.07) is 5.62. The van der Waals surface area contributed by atoms with Crippen LogP contribution in [0.2, 0.25) is 0 Å². The molecule has 0 atom stereocenters. The van der Waals surface area contributed by atoms with Crippen LogP contribution >= 0.6 is 0 Å². The van der Waals surface area contributed by atoms with Gasteiger partial charge in [0.05, 0.1) is 19.6 Å². The average Bonchev–Trinajstić information content (AvgIpc) is 2.27. The monoisotopic (exact) mass is 245 g/mol. The molecule has 0 bridgehead atoms. The number of carbonyl (C=O) groups is 1. The van der Waals surface area contributed by atoms with Crippen LogP contribution in [-0.4, -0.2) is 12.9 Å². The van der Waals surface area contributed by atoms with Crippen LogP contribution in [0.25, 0.3) is 0 Å². The molecule has 0 fully saturated rings. The van der Waals surface area contributed by atoms with Gasteiger partial charge in [0.15, 0.2) is 5.78 Å². The molecule has 1 rings (SSSR count). The van der Waals surface area contributed by atoms with Crippen molar-refractivity contribution in [2.75, 3.05) is 7.11 Å². The zero-order valence-electron chi connectivity index (χ0n) is 11.6. The van der Waals surface area contributed by atoms with Gasteiger partial charge in [0, 0.05) is 11.1 Å². The number of hydrogen-bond acceptors (Lipinski definition) is 3. The van der Waals surface area contributed by atoms with Gasteiger partial charge in [0.1, 0.15) is 5.75 Å². The molecule has 1 aromatic rings. The molecule has 0 heterocycles. The summed E-state index contributed by atoms with van der Waals surface area (Å²) in [4.78, 5) is 11.9. The summed E-state index contributed by atoms with van der Waals surface area (Å²) in [6.45, 7) is 8.07. The summed E-state index contributed by atoms with van der Waals surface area (Å²) in [6.07, 6.45) is -0.0866. The van der Waals surface area contributed by atoms with E-state index in [1.54, 1.807) is 7.11 Å². The second kappa shape index (κ2) is 5.22. The number of nitriles is 1. The van der Waals surface area contributed by atoms with Crippen molar-refractivity contribution in [3.05, 3.63) is 28.8 Å². The summed E-state index contributed by atoms with van der Waals surface area (Å²) < 4.78 is 5.37. The van der Waals surface area contributed by atoms with E-state index in [9.17, 15) is 4.79 Å². The van der Waals surface area contributed by atoms with E-state index in [2.05, 4.69) is 20.8 Å². The van der Waals surface area contributed by atoms with Crippen molar-refractivity contribution >= 4 is 5.78 Å². The molecule has 0 aromatic heterocycles. The van der Waals surface area contributed by atoms with Crippen molar-refractivity contribution in [2.45, 2.75) is 39.5 Å². The van der Waals surface area contributed by atoms with E-state index in [4.69, 9.17) is 10.00 Å². The first-order chi connectivity index (χ1) is 8.31. The predicted molar refractivity (Wildman–Crippen MR) is 71.0 cm³/mol. The number of benzene rings is 1. The fraction of sp³-hybridized carbons (Fsp3) is 0.467. The molecule has 0 aliphatic heterocycles. The maximum atomic E-state index is 11.9. The normalized spacial score (nSPS) is 10.9. The minimum absolute atomic E-state index is 0.0866. The number of Topliss-reactive ketones (excluding diaryl/α,β-unsaturated/α-hetero) is 1. The smallest absolute Gasteiger partial charge is 0.177 e. The van der Waals surface area contributed by atoms with Crippen LogP contribution < -0.4 is 4.74 Å². The summed E-state index contributed by atoms with van der Waals surface area (Å²) in [5.41, 5.74) is 2.33. The van der Waals surface area contributed by atoms with E-state index in [0.29, 0.717) is 5.56 Å². The average molecular weight is 245 g/mol. The van der Waals surface area contributed by atoms with Gasteiger partial charge in [0.2, 0.25) is 0 Å². The van der Waals surface area contributed by atoms with E-state index >= 15 is 0 Å². The number of carbonyl (C=O) groups excluding carboxylic acids is 1. The van der Waals surface area contributed by atoms with Crippen molar-refractivity contribution in [3.63, 3.8) is 0 Å². The minimum atomic E-state index is -0.136. The molecule has 18 heavy (non-hydrogen) atoms. The fourth-order valence-electron chi connectivity index (χ4n) is 1.90. The van der Waals surface area contributed by atoms with Gasteiger partial charge in [0.25, 0.3) is 0 Å². The Kier molecular flexibility index (Phi) is 4.13. The number of hydrogen-bond donors (Lipinski definition) is 0. The SMILES string of the molecule is COc1cc(C)c(C(=O)CC#N)cc1C(C)(C)C. The van der Waals surface area contributed by atoms with Gasteiger partial charge in [-0.3, -0.25) is 4.79 Å². The lowest BCUT2D eigenvalue weighted by molar-refractivity contribution is 0.0997. The third kappa shape index (κ3) is 2.89. The number of ketones is 1. The first kappa shape index (κ1) is 14.2. The highest BCUT2D eigenvalue weighted by atomic mass is 16.5. The number of methoxy groups -OCH3 is 1. The van der Waals surface area contributed by atoms with E-state index in [1.807, 2.05) is 25.1 Å². The third-order valence-electron chi connectivity index (χ3n) is 2.89. The molecule has 0 radical (unpaired) electrons. The Morgan fingerprint density at radius 2 is 2.00 bits per heavy atom. The summed E-state index contributed by atoms with van der Waals surface area (Å²) in [5.74, 6) is 0.650. The zero-order chi connectivity index (χ0) is 13.9. The number of rotatable bonds is 3. The highest BCUT2D eigenvalue weighted by Gasteiger charge is 2.22.